The summed E-state index contributed by atoms with van der Waals surface area (Å²) in [4.78, 5) is 23.8. The van der Waals surface area contributed by atoms with Gasteiger partial charge >= 0.3 is 6.09 Å². The summed E-state index contributed by atoms with van der Waals surface area (Å²) in [7, 11) is 1.30. The van der Waals surface area contributed by atoms with Crippen molar-refractivity contribution in [2.24, 2.45) is 0 Å². The molecule has 0 aliphatic carbocycles. The van der Waals surface area contributed by atoms with Gasteiger partial charge in [-0.1, -0.05) is 18.2 Å². The van der Waals surface area contributed by atoms with Crippen LogP contribution < -0.4 is 10.9 Å². The molecule has 1 heterocycles. The number of nitrogens with one attached hydrogen (secondary N) is 1. The van der Waals surface area contributed by atoms with Crippen LogP contribution in [0.1, 0.15) is 5.69 Å². The maximum atomic E-state index is 12.6. The van der Waals surface area contributed by atoms with Gasteiger partial charge in [-0.3, -0.25) is 10.1 Å². The topological polar surface area (TPSA) is 73.2 Å². The fourth-order valence-corrected chi connectivity index (χ4v) is 2.38. The van der Waals surface area contributed by atoms with Crippen molar-refractivity contribution in [1.29, 1.82) is 0 Å². The molecule has 116 valence electrons. The summed E-state index contributed by atoms with van der Waals surface area (Å²) in [5.74, 6) is 0. The molecule has 0 saturated heterocycles. The van der Waals surface area contributed by atoms with Gasteiger partial charge < -0.3 is 4.74 Å². The first kappa shape index (κ1) is 14.8. The van der Waals surface area contributed by atoms with Crippen LogP contribution in [-0.2, 0) is 4.74 Å². The molecule has 23 heavy (non-hydrogen) atoms. The molecule has 0 bridgehead atoms. The van der Waals surface area contributed by atoms with E-state index in [4.69, 9.17) is 0 Å². The van der Waals surface area contributed by atoms with Crippen LogP contribution in [0.25, 0.3) is 16.5 Å². The van der Waals surface area contributed by atoms with Gasteiger partial charge in [-0.15, -0.1) is 0 Å². The number of methoxy groups -OCH3 is 1. The molecule has 0 aliphatic heterocycles. The maximum absolute atomic E-state index is 12.6. The number of aryl methyl sites for hydroxylation is 1. The third-order valence-corrected chi connectivity index (χ3v) is 3.53. The minimum atomic E-state index is -0.547. The molecule has 0 atom stereocenters. The molecule has 0 spiro atoms. The van der Waals surface area contributed by atoms with E-state index in [9.17, 15) is 9.59 Å². The number of rotatable bonds is 2. The van der Waals surface area contributed by atoms with Crippen molar-refractivity contribution >= 4 is 22.6 Å². The van der Waals surface area contributed by atoms with Crippen molar-refractivity contribution < 1.29 is 9.53 Å². The lowest BCUT2D eigenvalue weighted by molar-refractivity contribution is 0.187. The largest absolute Gasteiger partial charge is 0.453 e. The zero-order valence-electron chi connectivity index (χ0n) is 12.7. The van der Waals surface area contributed by atoms with E-state index in [0.717, 1.165) is 11.1 Å². The van der Waals surface area contributed by atoms with Gasteiger partial charge in [0.1, 0.15) is 0 Å². The molecular weight excluding hydrogens is 294 g/mol. The van der Waals surface area contributed by atoms with Gasteiger partial charge in [0.25, 0.3) is 5.56 Å². The van der Waals surface area contributed by atoms with E-state index in [0.29, 0.717) is 16.8 Å². The SMILES string of the molecule is COC(=O)Nc1ccc(-n2nc(C)c3ccccc3c2=O)cc1. The van der Waals surface area contributed by atoms with Crippen LogP contribution in [0.4, 0.5) is 10.5 Å². The number of anilines is 1. The molecule has 0 saturated carbocycles. The minimum absolute atomic E-state index is 0.181. The Labute approximate surface area is 132 Å². The lowest BCUT2D eigenvalue weighted by atomic mass is 10.1. The smallest absolute Gasteiger partial charge is 0.411 e. The van der Waals surface area contributed by atoms with Crippen LogP contribution >= 0.6 is 0 Å². The molecule has 3 rings (SSSR count). The van der Waals surface area contributed by atoms with Crippen molar-refractivity contribution in [3.05, 3.63) is 64.6 Å². The van der Waals surface area contributed by atoms with E-state index < -0.39 is 6.09 Å². The number of aromatic nitrogens is 2. The molecule has 1 aromatic heterocycles. The van der Waals surface area contributed by atoms with Crippen LogP contribution in [-0.4, -0.2) is 23.0 Å². The average Bonchev–Trinajstić information content (AvgIpc) is 2.59. The molecule has 2 aromatic carbocycles. The van der Waals surface area contributed by atoms with Gasteiger partial charge in [-0.2, -0.15) is 9.78 Å². The Kier molecular flexibility index (Phi) is 3.80. The number of fused-ring (bicyclic) bond motifs is 1. The highest BCUT2D eigenvalue weighted by atomic mass is 16.5. The fourth-order valence-electron chi connectivity index (χ4n) is 2.38. The van der Waals surface area contributed by atoms with E-state index in [-0.39, 0.29) is 5.56 Å². The van der Waals surface area contributed by atoms with E-state index in [1.807, 2.05) is 25.1 Å². The Morgan fingerprint density at radius 1 is 1.09 bits per heavy atom. The van der Waals surface area contributed by atoms with Gasteiger partial charge in [-0.25, -0.2) is 4.79 Å². The van der Waals surface area contributed by atoms with E-state index in [2.05, 4.69) is 15.2 Å². The predicted octanol–water partition coefficient (Wildman–Crippen LogP) is 2.87. The van der Waals surface area contributed by atoms with Crippen LogP contribution in [0.2, 0.25) is 0 Å². The van der Waals surface area contributed by atoms with Crippen LogP contribution in [0, 0.1) is 6.92 Å². The molecule has 6 nitrogen and oxygen atoms in total. The zero-order chi connectivity index (χ0) is 16.4. The van der Waals surface area contributed by atoms with E-state index in [1.54, 1.807) is 30.3 Å². The first-order chi connectivity index (χ1) is 11.1. The molecule has 0 fully saturated rings. The molecule has 1 N–H and O–H groups in total. The highest BCUT2D eigenvalue weighted by Gasteiger charge is 2.09. The van der Waals surface area contributed by atoms with Gasteiger partial charge in [0, 0.05) is 11.1 Å². The Morgan fingerprint density at radius 3 is 2.39 bits per heavy atom. The molecule has 6 heteroatoms. The Bertz CT molecular complexity index is 930. The van der Waals surface area contributed by atoms with E-state index >= 15 is 0 Å². The van der Waals surface area contributed by atoms with Gasteiger partial charge in [-0.05, 0) is 37.3 Å². The van der Waals surface area contributed by atoms with Crippen molar-refractivity contribution in [3.8, 4) is 5.69 Å². The molecule has 0 unspecified atom stereocenters. The number of hydrogen-bond acceptors (Lipinski definition) is 4. The van der Waals surface area contributed by atoms with Gasteiger partial charge in [0.05, 0.1) is 23.9 Å². The number of hydrogen-bond donors (Lipinski definition) is 1. The second-order valence-electron chi connectivity index (χ2n) is 5.01. The first-order valence-corrected chi connectivity index (χ1v) is 7.04. The van der Waals surface area contributed by atoms with Crippen LogP contribution in [0.3, 0.4) is 0 Å². The van der Waals surface area contributed by atoms with Crippen LogP contribution in [0.5, 0.6) is 0 Å². The monoisotopic (exact) mass is 309 g/mol. The lowest BCUT2D eigenvalue weighted by Crippen LogP contribution is -2.22. The van der Waals surface area contributed by atoms with Crippen molar-refractivity contribution in [2.75, 3.05) is 12.4 Å². The van der Waals surface area contributed by atoms with Crippen LogP contribution in [0.15, 0.2) is 53.3 Å². The zero-order valence-corrected chi connectivity index (χ0v) is 12.7. The minimum Gasteiger partial charge on any atom is -0.453 e. The predicted molar refractivity (Wildman–Crippen MR) is 88.1 cm³/mol. The third kappa shape index (κ3) is 2.78. The first-order valence-electron chi connectivity index (χ1n) is 7.04. The van der Waals surface area contributed by atoms with Gasteiger partial charge in [0.15, 0.2) is 0 Å². The Morgan fingerprint density at radius 2 is 1.74 bits per heavy atom. The number of ether oxygens (including phenoxy) is 1. The fraction of sp³-hybridized carbons (Fsp3) is 0.118. The number of benzene rings is 2. The highest BCUT2D eigenvalue weighted by Crippen LogP contribution is 2.16. The lowest BCUT2D eigenvalue weighted by Gasteiger charge is -2.09. The summed E-state index contributed by atoms with van der Waals surface area (Å²) in [6, 6.07) is 14.2. The third-order valence-electron chi connectivity index (χ3n) is 3.53. The Balaban J connectivity index is 2.05. The summed E-state index contributed by atoms with van der Waals surface area (Å²) >= 11 is 0. The summed E-state index contributed by atoms with van der Waals surface area (Å²) in [5, 5.41) is 8.39. The molecule has 0 radical (unpaired) electrons. The van der Waals surface area contributed by atoms with Crippen molar-refractivity contribution in [1.82, 2.24) is 9.78 Å². The van der Waals surface area contributed by atoms with Gasteiger partial charge in [0.2, 0.25) is 0 Å². The number of amides is 1. The second-order valence-corrected chi connectivity index (χ2v) is 5.01. The number of nitrogens with zero attached hydrogens (tertiary/aromatic N) is 2. The Hall–Kier alpha value is -3.15. The summed E-state index contributed by atoms with van der Waals surface area (Å²) in [5.41, 5.74) is 1.79. The summed E-state index contributed by atoms with van der Waals surface area (Å²) in [6.07, 6.45) is -0.547. The molecule has 3 aromatic rings. The highest BCUT2D eigenvalue weighted by molar-refractivity contribution is 5.85. The standard InChI is InChI=1S/C17H15N3O3/c1-11-14-5-3-4-6-15(14)16(21)20(19-11)13-9-7-12(8-10-13)18-17(22)23-2/h3-10H,1-2H3,(H,18,22). The summed E-state index contributed by atoms with van der Waals surface area (Å²) in [6.45, 7) is 1.87. The normalized spacial score (nSPS) is 10.5. The molecular formula is C17H15N3O3. The quantitative estimate of drug-likeness (QED) is 0.790. The van der Waals surface area contributed by atoms with E-state index in [1.165, 1.54) is 11.8 Å². The number of carbonyl (C=O) groups is 1. The molecule has 1 amide bonds. The molecule has 0 aliphatic rings. The maximum Gasteiger partial charge on any atom is 0.411 e. The average molecular weight is 309 g/mol. The second kappa shape index (κ2) is 5.92. The summed E-state index contributed by atoms with van der Waals surface area (Å²) < 4.78 is 5.90. The number of carbonyl (C=O) groups excluding carboxylic acids is 1. The van der Waals surface area contributed by atoms with Crippen molar-refractivity contribution in [2.45, 2.75) is 6.92 Å². The van der Waals surface area contributed by atoms with Crippen molar-refractivity contribution in [3.63, 3.8) is 0 Å².